The lowest BCUT2D eigenvalue weighted by atomic mass is 9.92. The number of rotatable bonds is 3. The van der Waals surface area contributed by atoms with Gasteiger partial charge in [-0.1, -0.05) is 18.6 Å². The van der Waals surface area contributed by atoms with Gasteiger partial charge in [-0.3, -0.25) is 4.90 Å². The molecule has 0 aromatic rings. The van der Waals surface area contributed by atoms with Crippen molar-refractivity contribution in [1.82, 2.24) is 9.80 Å². The van der Waals surface area contributed by atoms with Crippen LogP contribution in [0.4, 0.5) is 0 Å². The summed E-state index contributed by atoms with van der Waals surface area (Å²) in [6.07, 6.45) is 14.1. The van der Waals surface area contributed by atoms with E-state index in [-0.39, 0.29) is 0 Å². The van der Waals surface area contributed by atoms with Gasteiger partial charge >= 0.3 is 0 Å². The SMILES string of the molecule is C1=C[C@H]2C[C@H]1C[C@@H]2CN1CCN([C@@H]2C[C@@H]3CC[C@@H]2C3)CC1. The van der Waals surface area contributed by atoms with Crippen molar-refractivity contribution >= 4 is 0 Å². The van der Waals surface area contributed by atoms with Crippen LogP contribution in [0.25, 0.3) is 0 Å². The number of fused-ring (bicyclic) bond motifs is 4. The summed E-state index contributed by atoms with van der Waals surface area (Å²) in [6.45, 7) is 6.77. The minimum Gasteiger partial charge on any atom is -0.300 e. The third-order valence-corrected chi connectivity index (χ3v) is 7.49. The summed E-state index contributed by atoms with van der Waals surface area (Å²) in [5.74, 6) is 5.01. The van der Waals surface area contributed by atoms with Gasteiger partial charge in [0.05, 0.1) is 0 Å². The second-order valence-electron chi connectivity index (χ2n) is 8.62. The highest BCUT2D eigenvalue weighted by Crippen LogP contribution is 2.47. The fourth-order valence-corrected chi connectivity index (χ4v) is 6.37. The Morgan fingerprint density at radius 1 is 0.857 bits per heavy atom. The first kappa shape index (κ1) is 13.1. The predicted molar refractivity (Wildman–Crippen MR) is 86.1 cm³/mol. The molecule has 5 rings (SSSR count). The topological polar surface area (TPSA) is 6.48 Å². The van der Waals surface area contributed by atoms with E-state index < -0.39 is 0 Å². The molecule has 1 saturated heterocycles. The van der Waals surface area contributed by atoms with Crippen LogP contribution < -0.4 is 0 Å². The second-order valence-corrected chi connectivity index (χ2v) is 8.62. The van der Waals surface area contributed by atoms with Crippen molar-refractivity contribution in [1.29, 1.82) is 0 Å². The summed E-state index contributed by atoms with van der Waals surface area (Å²) >= 11 is 0. The van der Waals surface area contributed by atoms with Gasteiger partial charge in [-0.15, -0.1) is 0 Å². The lowest BCUT2D eigenvalue weighted by molar-refractivity contribution is 0.0618. The van der Waals surface area contributed by atoms with Crippen LogP contribution in [-0.4, -0.2) is 48.6 Å². The molecule has 2 nitrogen and oxygen atoms in total. The first-order valence-corrected chi connectivity index (χ1v) is 9.50. The maximum atomic E-state index is 2.86. The Morgan fingerprint density at radius 3 is 2.38 bits per heavy atom. The highest BCUT2D eigenvalue weighted by atomic mass is 15.3. The Kier molecular flexibility index (Phi) is 3.19. The van der Waals surface area contributed by atoms with E-state index in [1.54, 1.807) is 12.8 Å². The number of hydrogen-bond donors (Lipinski definition) is 0. The summed E-state index contributed by atoms with van der Waals surface area (Å²) in [4.78, 5) is 5.64. The van der Waals surface area contributed by atoms with Crippen LogP contribution in [-0.2, 0) is 0 Å². The molecule has 4 bridgehead atoms. The molecule has 0 unspecified atom stereocenters. The molecule has 0 aromatic heterocycles. The largest absolute Gasteiger partial charge is 0.300 e. The van der Waals surface area contributed by atoms with E-state index in [1.807, 2.05) is 0 Å². The lowest BCUT2D eigenvalue weighted by Gasteiger charge is -2.42. The number of hydrogen-bond acceptors (Lipinski definition) is 2. The molecule has 0 aromatic carbocycles. The summed E-state index contributed by atoms with van der Waals surface area (Å²) < 4.78 is 0. The fraction of sp³-hybridized carbons (Fsp3) is 0.895. The highest BCUT2D eigenvalue weighted by molar-refractivity contribution is 5.10. The standard InChI is InChI=1S/C19H30N2/c1-3-16-9-14(1)11-18(16)13-20-5-7-21(8-6-20)19-12-15-2-4-17(19)10-15/h1,3,14-19H,2,4-13H2/t14-,15+,16-,17+,18+,19+/m0/s1. The van der Waals surface area contributed by atoms with Gasteiger partial charge in [-0.05, 0) is 61.7 Å². The zero-order valence-electron chi connectivity index (χ0n) is 13.3. The Labute approximate surface area is 129 Å². The summed E-state index contributed by atoms with van der Waals surface area (Å²) in [5.41, 5.74) is 0. The number of nitrogens with zero attached hydrogens (tertiary/aromatic N) is 2. The molecule has 116 valence electrons. The van der Waals surface area contributed by atoms with Crippen LogP contribution >= 0.6 is 0 Å². The monoisotopic (exact) mass is 286 g/mol. The van der Waals surface area contributed by atoms with Crippen molar-refractivity contribution in [3.05, 3.63) is 12.2 Å². The van der Waals surface area contributed by atoms with Gasteiger partial charge in [-0.25, -0.2) is 0 Å². The van der Waals surface area contributed by atoms with E-state index in [0.29, 0.717) is 0 Å². The zero-order chi connectivity index (χ0) is 13.8. The molecule has 0 amide bonds. The molecular formula is C19H30N2. The van der Waals surface area contributed by atoms with E-state index in [9.17, 15) is 0 Å². The van der Waals surface area contributed by atoms with Gasteiger partial charge in [0.2, 0.25) is 0 Å². The summed E-state index contributed by atoms with van der Waals surface area (Å²) in [7, 11) is 0. The van der Waals surface area contributed by atoms with E-state index in [4.69, 9.17) is 0 Å². The van der Waals surface area contributed by atoms with Gasteiger partial charge in [0.1, 0.15) is 0 Å². The lowest BCUT2D eigenvalue weighted by Crippen LogP contribution is -2.52. The molecule has 5 aliphatic rings. The van der Waals surface area contributed by atoms with Crippen LogP contribution in [0.3, 0.4) is 0 Å². The van der Waals surface area contributed by atoms with Gasteiger partial charge in [0.25, 0.3) is 0 Å². The van der Waals surface area contributed by atoms with Gasteiger partial charge in [0.15, 0.2) is 0 Å². The Bertz CT molecular complexity index is 423. The molecule has 0 spiro atoms. The Hall–Kier alpha value is -0.340. The van der Waals surface area contributed by atoms with E-state index >= 15 is 0 Å². The van der Waals surface area contributed by atoms with Crippen LogP contribution in [0.1, 0.15) is 38.5 Å². The molecule has 1 aliphatic heterocycles. The molecule has 2 heteroatoms. The molecule has 0 N–H and O–H groups in total. The molecule has 1 heterocycles. The maximum Gasteiger partial charge on any atom is 0.0127 e. The molecule has 3 saturated carbocycles. The average molecular weight is 286 g/mol. The van der Waals surface area contributed by atoms with Gasteiger partial charge < -0.3 is 4.90 Å². The average Bonchev–Trinajstić information content (AvgIpc) is 3.28. The fourth-order valence-electron chi connectivity index (χ4n) is 6.37. The van der Waals surface area contributed by atoms with Crippen molar-refractivity contribution in [2.24, 2.45) is 29.6 Å². The van der Waals surface area contributed by atoms with Crippen molar-refractivity contribution in [3.8, 4) is 0 Å². The summed E-state index contributed by atoms with van der Waals surface area (Å²) in [6, 6.07) is 0.969. The van der Waals surface area contributed by atoms with Crippen LogP contribution in [0.5, 0.6) is 0 Å². The van der Waals surface area contributed by atoms with E-state index in [2.05, 4.69) is 22.0 Å². The minimum absolute atomic E-state index is 0.929. The number of piperazine rings is 1. The first-order chi connectivity index (χ1) is 10.3. The smallest absolute Gasteiger partial charge is 0.0127 e. The molecule has 4 aliphatic carbocycles. The maximum absolute atomic E-state index is 2.86. The van der Waals surface area contributed by atoms with E-state index in [0.717, 1.165) is 35.6 Å². The molecule has 21 heavy (non-hydrogen) atoms. The van der Waals surface area contributed by atoms with E-state index in [1.165, 1.54) is 58.4 Å². The predicted octanol–water partition coefficient (Wildman–Crippen LogP) is 3.00. The molecule has 6 atom stereocenters. The normalized spacial score (nSPS) is 49.5. The van der Waals surface area contributed by atoms with Crippen LogP contribution in [0, 0.1) is 29.6 Å². The Balaban J connectivity index is 1.13. The summed E-state index contributed by atoms with van der Waals surface area (Å²) in [5, 5.41) is 0. The Morgan fingerprint density at radius 2 is 1.76 bits per heavy atom. The van der Waals surface area contributed by atoms with Crippen molar-refractivity contribution in [2.45, 2.75) is 44.6 Å². The highest BCUT2D eigenvalue weighted by Gasteiger charge is 2.43. The van der Waals surface area contributed by atoms with Crippen molar-refractivity contribution in [2.75, 3.05) is 32.7 Å². The zero-order valence-corrected chi connectivity index (χ0v) is 13.3. The third-order valence-electron chi connectivity index (χ3n) is 7.49. The molecule has 4 fully saturated rings. The van der Waals surface area contributed by atoms with Crippen molar-refractivity contribution in [3.63, 3.8) is 0 Å². The molecular weight excluding hydrogens is 256 g/mol. The number of allylic oxidation sites excluding steroid dienone is 2. The van der Waals surface area contributed by atoms with Gasteiger partial charge in [0, 0.05) is 38.8 Å². The quantitative estimate of drug-likeness (QED) is 0.736. The molecule has 0 radical (unpaired) electrons. The minimum atomic E-state index is 0.929. The first-order valence-electron chi connectivity index (χ1n) is 9.50. The van der Waals surface area contributed by atoms with Crippen molar-refractivity contribution < 1.29 is 0 Å². The van der Waals surface area contributed by atoms with Gasteiger partial charge in [-0.2, -0.15) is 0 Å². The van der Waals surface area contributed by atoms with Crippen LogP contribution in [0.15, 0.2) is 12.2 Å². The van der Waals surface area contributed by atoms with Crippen LogP contribution in [0.2, 0.25) is 0 Å². The second kappa shape index (κ2) is 5.09. The third kappa shape index (κ3) is 2.30.